The molecule has 0 saturated heterocycles. The number of alkyl halides is 3. The lowest BCUT2D eigenvalue weighted by Gasteiger charge is -2.23. The summed E-state index contributed by atoms with van der Waals surface area (Å²) in [6.07, 6.45) is -4.31. The van der Waals surface area contributed by atoms with Gasteiger partial charge in [-0.1, -0.05) is 54.4 Å². The number of rotatable bonds is 8. The molecule has 2 N–H and O–H groups in total. The minimum Gasteiger partial charge on any atom is -0.469 e. The fourth-order valence-electron chi connectivity index (χ4n) is 3.83. The number of nitrogens with one attached hydrogen (secondary N) is 2. The second-order valence-electron chi connectivity index (χ2n) is 8.32. The van der Waals surface area contributed by atoms with Crippen LogP contribution in [-0.4, -0.2) is 19.1 Å². The normalized spacial score (nSPS) is 12.1. The van der Waals surface area contributed by atoms with Crippen LogP contribution >= 0.6 is 23.2 Å². The van der Waals surface area contributed by atoms with Crippen molar-refractivity contribution in [3.8, 4) is 11.1 Å². The highest BCUT2D eigenvalue weighted by atomic mass is 35.5. The van der Waals surface area contributed by atoms with Gasteiger partial charge in [-0.3, -0.25) is 4.79 Å². The molecular weight excluding hydrogens is 528 g/mol. The molecule has 10 heteroatoms. The van der Waals surface area contributed by atoms with E-state index in [4.69, 9.17) is 27.9 Å². The summed E-state index contributed by atoms with van der Waals surface area (Å²) >= 11 is 12.2. The van der Waals surface area contributed by atoms with E-state index < -0.39 is 29.8 Å². The smallest absolute Gasteiger partial charge is 0.416 e. The van der Waals surface area contributed by atoms with Gasteiger partial charge in [-0.05, 0) is 70.6 Å². The average Bonchev–Trinajstić information content (AvgIpc) is 2.85. The van der Waals surface area contributed by atoms with Gasteiger partial charge in [0.1, 0.15) is 0 Å². The Morgan fingerprint density at radius 2 is 1.65 bits per heavy atom. The van der Waals surface area contributed by atoms with Crippen LogP contribution < -0.4 is 10.6 Å². The van der Waals surface area contributed by atoms with Crippen molar-refractivity contribution >= 4 is 35.2 Å². The molecule has 0 aliphatic rings. The Bertz CT molecular complexity index is 1260. The molecule has 2 amide bonds. The topological polar surface area (TPSA) is 67.4 Å². The monoisotopic (exact) mass is 552 g/mol. The molecule has 0 bridgehead atoms. The molecule has 0 heterocycles. The van der Waals surface area contributed by atoms with Crippen molar-refractivity contribution in [2.24, 2.45) is 0 Å². The van der Waals surface area contributed by atoms with Crippen molar-refractivity contribution in [1.29, 1.82) is 0 Å². The quantitative estimate of drug-likeness (QED) is 0.287. The second kappa shape index (κ2) is 12.3. The third-order valence-electron chi connectivity index (χ3n) is 5.68. The van der Waals surface area contributed by atoms with E-state index in [9.17, 15) is 22.8 Å². The van der Waals surface area contributed by atoms with E-state index in [0.29, 0.717) is 33.2 Å². The van der Waals surface area contributed by atoms with Gasteiger partial charge in [0.15, 0.2) is 0 Å². The first-order chi connectivity index (χ1) is 17.5. The summed E-state index contributed by atoms with van der Waals surface area (Å²) in [6, 6.07) is 13.8. The van der Waals surface area contributed by atoms with Crippen LogP contribution in [0.4, 0.5) is 18.0 Å². The number of carbonyl (C=O) groups is 2. The first kappa shape index (κ1) is 28.3. The van der Waals surface area contributed by atoms with Crippen molar-refractivity contribution in [2.75, 3.05) is 7.11 Å². The predicted octanol–water partition coefficient (Wildman–Crippen LogP) is 7.35. The van der Waals surface area contributed by atoms with Gasteiger partial charge < -0.3 is 15.4 Å². The molecule has 0 saturated carbocycles. The van der Waals surface area contributed by atoms with Gasteiger partial charge in [0, 0.05) is 16.6 Å². The Morgan fingerprint density at radius 1 is 0.946 bits per heavy atom. The Morgan fingerprint density at radius 3 is 2.27 bits per heavy atom. The molecule has 3 rings (SSSR count). The molecule has 37 heavy (non-hydrogen) atoms. The number of urea groups is 1. The molecular formula is C27H25Cl2F3N2O3. The lowest BCUT2D eigenvalue weighted by Crippen LogP contribution is -2.37. The van der Waals surface area contributed by atoms with Crippen LogP contribution in [0.25, 0.3) is 11.1 Å². The first-order valence-corrected chi connectivity index (χ1v) is 12.1. The first-order valence-electron chi connectivity index (χ1n) is 11.4. The number of amides is 2. The molecule has 0 aliphatic heterocycles. The molecule has 3 aromatic rings. The molecule has 196 valence electrons. The van der Waals surface area contributed by atoms with Crippen LogP contribution in [0.1, 0.15) is 41.6 Å². The lowest BCUT2D eigenvalue weighted by molar-refractivity contribution is -0.140. The third kappa shape index (κ3) is 7.87. The summed E-state index contributed by atoms with van der Waals surface area (Å²) in [5.41, 5.74) is 1.74. The highest BCUT2D eigenvalue weighted by Gasteiger charge is 2.32. The number of ether oxygens (including phenoxy) is 1. The second-order valence-corrected chi connectivity index (χ2v) is 9.19. The summed E-state index contributed by atoms with van der Waals surface area (Å²) in [6.45, 7) is 1.97. The molecule has 0 aromatic heterocycles. The molecule has 3 aromatic carbocycles. The zero-order valence-corrected chi connectivity index (χ0v) is 21.6. The molecule has 0 radical (unpaired) electrons. The maximum Gasteiger partial charge on any atom is 0.416 e. The molecule has 0 fully saturated rings. The van der Waals surface area contributed by atoms with Crippen molar-refractivity contribution in [2.45, 2.75) is 38.5 Å². The number of halogens is 5. The molecule has 5 nitrogen and oxygen atoms in total. The van der Waals surface area contributed by atoms with Gasteiger partial charge >= 0.3 is 18.2 Å². The van der Waals surface area contributed by atoms with Crippen molar-refractivity contribution in [3.05, 3.63) is 93.0 Å². The minimum atomic E-state index is -4.58. The van der Waals surface area contributed by atoms with Crippen LogP contribution in [-0.2, 0) is 28.7 Å². The van der Waals surface area contributed by atoms with Crippen LogP contribution in [0.2, 0.25) is 10.0 Å². The Labute approximate surface area is 222 Å². The van der Waals surface area contributed by atoms with Crippen molar-refractivity contribution < 1.29 is 27.5 Å². The Hall–Kier alpha value is -3.23. The van der Waals surface area contributed by atoms with E-state index in [0.717, 1.165) is 17.7 Å². The molecule has 0 spiro atoms. The van der Waals surface area contributed by atoms with E-state index in [1.165, 1.54) is 13.2 Å². The number of hydrogen-bond donors (Lipinski definition) is 2. The summed E-state index contributed by atoms with van der Waals surface area (Å²) < 4.78 is 45.5. The molecule has 0 aliphatic carbocycles. The number of benzene rings is 3. The summed E-state index contributed by atoms with van der Waals surface area (Å²) in [7, 11) is 1.26. The van der Waals surface area contributed by atoms with Gasteiger partial charge in [0.25, 0.3) is 0 Å². The Kier molecular flexibility index (Phi) is 9.45. The van der Waals surface area contributed by atoms with Gasteiger partial charge in [-0.2, -0.15) is 13.2 Å². The lowest BCUT2D eigenvalue weighted by atomic mass is 9.90. The standard InChI is InChI=1S/C27H25Cl2F3N2O3/c1-3-24(34-26(36)33-15-16-4-7-20(28)8-5-16)23-14-19(27(30,31)32)6-9-22(23)18-10-17(11-21(29)13-18)12-25(35)37-2/h4-11,13-14,24H,3,12,15H2,1-2H3,(H2,33,34,36). The van der Waals surface area contributed by atoms with E-state index in [-0.39, 0.29) is 18.5 Å². The van der Waals surface area contributed by atoms with Crippen molar-refractivity contribution in [3.63, 3.8) is 0 Å². The Balaban J connectivity index is 1.95. The fourth-order valence-corrected chi connectivity index (χ4v) is 4.21. The van der Waals surface area contributed by atoms with Crippen LogP contribution in [0, 0.1) is 0 Å². The zero-order chi connectivity index (χ0) is 27.2. The largest absolute Gasteiger partial charge is 0.469 e. The van der Waals surface area contributed by atoms with Crippen molar-refractivity contribution in [1.82, 2.24) is 10.6 Å². The number of methoxy groups -OCH3 is 1. The van der Waals surface area contributed by atoms with Crippen LogP contribution in [0.3, 0.4) is 0 Å². The van der Waals surface area contributed by atoms with E-state index in [2.05, 4.69) is 10.6 Å². The van der Waals surface area contributed by atoms with Crippen LogP contribution in [0.15, 0.2) is 60.7 Å². The average molecular weight is 553 g/mol. The third-order valence-corrected chi connectivity index (χ3v) is 6.15. The van der Waals surface area contributed by atoms with Gasteiger partial charge in [0.05, 0.1) is 25.1 Å². The predicted molar refractivity (Wildman–Crippen MR) is 137 cm³/mol. The van der Waals surface area contributed by atoms with E-state index in [1.54, 1.807) is 49.4 Å². The highest BCUT2D eigenvalue weighted by Crippen LogP contribution is 2.37. The highest BCUT2D eigenvalue weighted by molar-refractivity contribution is 6.31. The van der Waals surface area contributed by atoms with Crippen LogP contribution in [0.5, 0.6) is 0 Å². The fraction of sp³-hybridized carbons (Fsp3) is 0.259. The number of hydrogen-bond acceptors (Lipinski definition) is 3. The maximum atomic E-state index is 13.6. The van der Waals surface area contributed by atoms with Gasteiger partial charge in [-0.25, -0.2) is 4.79 Å². The SMILES string of the molecule is CCC(NC(=O)NCc1ccc(Cl)cc1)c1cc(C(F)(F)F)ccc1-c1cc(Cl)cc(CC(=O)OC)c1. The summed E-state index contributed by atoms with van der Waals surface area (Å²) in [5, 5.41) is 6.36. The van der Waals surface area contributed by atoms with Gasteiger partial charge in [-0.15, -0.1) is 0 Å². The summed E-state index contributed by atoms with van der Waals surface area (Å²) in [4.78, 5) is 24.4. The minimum absolute atomic E-state index is 0.0530. The van der Waals surface area contributed by atoms with E-state index >= 15 is 0 Å². The zero-order valence-electron chi connectivity index (χ0n) is 20.1. The molecule has 1 unspecified atom stereocenters. The number of esters is 1. The number of carbonyl (C=O) groups excluding carboxylic acids is 2. The summed E-state index contributed by atoms with van der Waals surface area (Å²) in [5.74, 6) is -0.480. The van der Waals surface area contributed by atoms with E-state index in [1.807, 2.05) is 0 Å². The van der Waals surface area contributed by atoms with Gasteiger partial charge in [0.2, 0.25) is 0 Å². The maximum absolute atomic E-state index is 13.6. The molecule has 1 atom stereocenters.